The fourth-order valence-electron chi connectivity index (χ4n) is 2.14. The third-order valence-electron chi connectivity index (χ3n) is 3.19. The number of fused-ring (bicyclic) bond motifs is 1. The number of H-pyrrole nitrogens is 1. The van der Waals surface area contributed by atoms with Gasteiger partial charge in [0.25, 0.3) is 0 Å². The van der Waals surface area contributed by atoms with Gasteiger partial charge in [-0.1, -0.05) is 11.3 Å². The second-order valence-corrected chi connectivity index (χ2v) is 4.81. The molecule has 2 aromatic heterocycles. The van der Waals surface area contributed by atoms with Gasteiger partial charge in [0.15, 0.2) is 0 Å². The third-order valence-corrected chi connectivity index (χ3v) is 3.19. The summed E-state index contributed by atoms with van der Waals surface area (Å²) in [7, 11) is 0. The molecule has 1 atom stereocenters. The highest BCUT2D eigenvalue weighted by molar-refractivity contribution is 5.83. The highest BCUT2D eigenvalue weighted by atomic mass is 16.5. The Labute approximate surface area is 121 Å². The van der Waals surface area contributed by atoms with Crippen molar-refractivity contribution in [1.82, 2.24) is 25.2 Å². The first-order valence-electron chi connectivity index (χ1n) is 6.85. The number of aromatic nitrogens is 5. The molecule has 0 aliphatic rings. The van der Waals surface area contributed by atoms with Crippen molar-refractivity contribution >= 4 is 10.9 Å². The summed E-state index contributed by atoms with van der Waals surface area (Å²) in [5, 5.41) is 25.9. The predicted octanol–water partition coefficient (Wildman–Crippen LogP) is 1.22. The van der Waals surface area contributed by atoms with Crippen molar-refractivity contribution < 1.29 is 9.84 Å². The van der Waals surface area contributed by atoms with Crippen LogP contribution >= 0.6 is 0 Å². The van der Waals surface area contributed by atoms with Crippen molar-refractivity contribution in [2.75, 3.05) is 13.2 Å². The summed E-state index contributed by atoms with van der Waals surface area (Å²) in [6.07, 6.45) is 3.00. The smallest absolute Gasteiger partial charge is 0.113 e. The summed E-state index contributed by atoms with van der Waals surface area (Å²) in [6, 6.07) is 5.93. The van der Waals surface area contributed by atoms with E-state index in [1.54, 1.807) is 10.9 Å². The van der Waals surface area contributed by atoms with E-state index in [4.69, 9.17) is 4.74 Å². The van der Waals surface area contributed by atoms with Crippen LogP contribution in [0.1, 0.15) is 6.92 Å². The first-order chi connectivity index (χ1) is 10.3. The molecule has 110 valence electrons. The van der Waals surface area contributed by atoms with Gasteiger partial charge in [-0.15, -0.1) is 5.10 Å². The fraction of sp³-hybridized carbons (Fsp3) is 0.357. The van der Waals surface area contributed by atoms with E-state index in [1.807, 2.05) is 31.3 Å². The number of aliphatic hydroxyl groups excluding tert-OH is 1. The highest BCUT2D eigenvalue weighted by Crippen LogP contribution is 2.21. The number of rotatable bonds is 6. The van der Waals surface area contributed by atoms with Crippen LogP contribution in [0.25, 0.3) is 22.2 Å². The minimum Gasteiger partial charge on any atom is -0.389 e. The Hall–Kier alpha value is -2.25. The molecule has 2 heterocycles. The van der Waals surface area contributed by atoms with Crippen LogP contribution in [0.3, 0.4) is 0 Å². The number of nitrogens with zero attached hydrogens (tertiary/aromatic N) is 4. The van der Waals surface area contributed by atoms with Crippen LogP contribution in [0, 0.1) is 0 Å². The standard InChI is InChI=1S/C14H17N5O2/c1-2-21-9-12(20)7-19-8-14(17-18-19)10-3-4-13-11(5-10)6-15-16-13/h3-6,8,12,20H,2,7,9H2,1H3,(H,15,16). The molecule has 0 saturated carbocycles. The fourth-order valence-corrected chi connectivity index (χ4v) is 2.14. The summed E-state index contributed by atoms with van der Waals surface area (Å²) in [6.45, 7) is 3.14. The second-order valence-electron chi connectivity index (χ2n) is 4.81. The summed E-state index contributed by atoms with van der Waals surface area (Å²) in [4.78, 5) is 0. The molecule has 1 aromatic carbocycles. The largest absolute Gasteiger partial charge is 0.389 e. The van der Waals surface area contributed by atoms with E-state index in [-0.39, 0.29) is 0 Å². The molecule has 0 aliphatic carbocycles. The molecule has 7 heteroatoms. The minimum absolute atomic E-state index is 0.298. The van der Waals surface area contributed by atoms with Gasteiger partial charge in [-0.05, 0) is 19.1 Å². The Morgan fingerprint density at radius 3 is 3.19 bits per heavy atom. The maximum Gasteiger partial charge on any atom is 0.113 e. The van der Waals surface area contributed by atoms with Gasteiger partial charge in [0.1, 0.15) is 5.69 Å². The maximum absolute atomic E-state index is 9.80. The van der Waals surface area contributed by atoms with Crippen LogP contribution in [0.5, 0.6) is 0 Å². The summed E-state index contributed by atoms with van der Waals surface area (Å²) in [5.41, 5.74) is 2.72. The molecule has 2 N–H and O–H groups in total. The van der Waals surface area contributed by atoms with Crippen molar-refractivity contribution in [2.45, 2.75) is 19.6 Å². The zero-order chi connectivity index (χ0) is 14.7. The number of hydrogen-bond acceptors (Lipinski definition) is 5. The Balaban J connectivity index is 1.74. The number of aliphatic hydroxyl groups is 1. The van der Waals surface area contributed by atoms with Gasteiger partial charge in [0.2, 0.25) is 0 Å². The monoisotopic (exact) mass is 287 g/mol. The Morgan fingerprint density at radius 2 is 2.33 bits per heavy atom. The van der Waals surface area contributed by atoms with Crippen molar-refractivity contribution in [3.8, 4) is 11.3 Å². The summed E-state index contributed by atoms with van der Waals surface area (Å²) >= 11 is 0. The van der Waals surface area contributed by atoms with Crippen molar-refractivity contribution in [1.29, 1.82) is 0 Å². The molecule has 0 bridgehead atoms. The van der Waals surface area contributed by atoms with Crippen LogP contribution in [0.15, 0.2) is 30.6 Å². The van der Waals surface area contributed by atoms with Crippen LogP contribution in [0.2, 0.25) is 0 Å². The van der Waals surface area contributed by atoms with E-state index in [0.717, 1.165) is 22.2 Å². The highest BCUT2D eigenvalue weighted by Gasteiger charge is 2.09. The van der Waals surface area contributed by atoms with Crippen molar-refractivity contribution in [3.63, 3.8) is 0 Å². The lowest BCUT2D eigenvalue weighted by Gasteiger charge is -2.09. The SMILES string of the molecule is CCOCC(O)Cn1cc(-c2ccc3[nH]ncc3c2)nn1. The molecule has 0 radical (unpaired) electrons. The zero-order valence-electron chi connectivity index (χ0n) is 11.7. The number of nitrogens with one attached hydrogen (secondary N) is 1. The van der Waals surface area contributed by atoms with Crippen molar-refractivity contribution in [3.05, 3.63) is 30.6 Å². The molecular weight excluding hydrogens is 270 g/mol. The summed E-state index contributed by atoms with van der Waals surface area (Å²) in [5.74, 6) is 0. The molecular formula is C14H17N5O2. The van der Waals surface area contributed by atoms with Gasteiger partial charge >= 0.3 is 0 Å². The van der Waals surface area contributed by atoms with Gasteiger partial charge in [-0.3, -0.25) is 5.10 Å². The molecule has 0 aliphatic heterocycles. The Bertz CT molecular complexity index is 721. The lowest BCUT2D eigenvalue weighted by atomic mass is 10.1. The molecule has 21 heavy (non-hydrogen) atoms. The van der Waals surface area contributed by atoms with E-state index in [1.165, 1.54) is 0 Å². The van der Waals surface area contributed by atoms with E-state index in [9.17, 15) is 5.11 Å². The lowest BCUT2D eigenvalue weighted by molar-refractivity contribution is 0.0313. The molecule has 0 amide bonds. The summed E-state index contributed by atoms with van der Waals surface area (Å²) < 4.78 is 6.80. The predicted molar refractivity (Wildman–Crippen MR) is 77.6 cm³/mol. The van der Waals surface area contributed by atoms with E-state index < -0.39 is 6.10 Å². The van der Waals surface area contributed by atoms with Gasteiger partial charge in [0, 0.05) is 17.6 Å². The van der Waals surface area contributed by atoms with Crippen LogP contribution < -0.4 is 0 Å². The molecule has 3 aromatic rings. The average molecular weight is 287 g/mol. The van der Waals surface area contributed by atoms with Gasteiger partial charge < -0.3 is 9.84 Å². The zero-order valence-corrected chi connectivity index (χ0v) is 11.7. The Kier molecular flexibility index (Phi) is 3.94. The number of ether oxygens (including phenoxy) is 1. The quantitative estimate of drug-likeness (QED) is 0.711. The number of benzene rings is 1. The van der Waals surface area contributed by atoms with Gasteiger partial charge in [-0.25, -0.2) is 4.68 Å². The second kappa shape index (κ2) is 6.02. The molecule has 0 spiro atoms. The third kappa shape index (κ3) is 3.09. The first kappa shape index (κ1) is 13.7. The average Bonchev–Trinajstić information content (AvgIpc) is 3.12. The number of aromatic amines is 1. The van der Waals surface area contributed by atoms with Gasteiger partial charge in [-0.2, -0.15) is 5.10 Å². The van der Waals surface area contributed by atoms with Crippen LogP contribution in [0.4, 0.5) is 0 Å². The van der Waals surface area contributed by atoms with Gasteiger partial charge in [0.05, 0.1) is 37.2 Å². The molecule has 0 saturated heterocycles. The van der Waals surface area contributed by atoms with E-state index in [0.29, 0.717) is 19.8 Å². The normalized spacial score (nSPS) is 12.9. The van der Waals surface area contributed by atoms with Crippen LogP contribution in [-0.4, -0.2) is 49.6 Å². The minimum atomic E-state index is -0.587. The Morgan fingerprint density at radius 1 is 1.43 bits per heavy atom. The van der Waals surface area contributed by atoms with Crippen molar-refractivity contribution in [2.24, 2.45) is 0 Å². The number of hydrogen-bond donors (Lipinski definition) is 2. The first-order valence-corrected chi connectivity index (χ1v) is 6.85. The van der Waals surface area contributed by atoms with E-state index in [2.05, 4.69) is 20.5 Å². The maximum atomic E-state index is 9.80. The molecule has 3 rings (SSSR count). The lowest BCUT2D eigenvalue weighted by Crippen LogP contribution is -2.22. The molecule has 1 unspecified atom stereocenters. The topological polar surface area (TPSA) is 88.9 Å². The van der Waals surface area contributed by atoms with E-state index >= 15 is 0 Å². The molecule has 7 nitrogen and oxygen atoms in total. The van der Waals surface area contributed by atoms with Crippen LogP contribution in [-0.2, 0) is 11.3 Å². The molecule has 0 fully saturated rings.